The molecule has 9 heteroatoms. The van der Waals surface area contributed by atoms with Crippen LogP contribution in [0.25, 0.3) is 0 Å². The van der Waals surface area contributed by atoms with Gasteiger partial charge in [0, 0.05) is 38.8 Å². The summed E-state index contributed by atoms with van der Waals surface area (Å²) in [6.07, 6.45) is -0.0354. The van der Waals surface area contributed by atoms with Crippen LogP contribution in [0.3, 0.4) is 0 Å². The van der Waals surface area contributed by atoms with Gasteiger partial charge in [-0.1, -0.05) is 18.2 Å². The molecule has 0 spiro atoms. The summed E-state index contributed by atoms with van der Waals surface area (Å²) in [4.78, 5) is 16.7. The number of nitrogens with zero attached hydrogens (tertiary/aromatic N) is 2. The van der Waals surface area contributed by atoms with Crippen molar-refractivity contribution in [3.8, 4) is 17.2 Å². The molecule has 8 nitrogen and oxygen atoms in total. The first-order valence-electron chi connectivity index (χ1n) is 11.9. The third kappa shape index (κ3) is 8.09. The first kappa shape index (κ1) is 26.7. The van der Waals surface area contributed by atoms with Crippen LogP contribution in [0.4, 0.5) is 4.39 Å². The Hall–Kier alpha value is -2.88. The number of hydrogen-bond donors (Lipinski definition) is 2. The Labute approximate surface area is 206 Å². The highest BCUT2D eigenvalue weighted by Gasteiger charge is 2.26. The van der Waals surface area contributed by atoms with E-state index in [1.807, 2.05) is 18.2 Å². The Balaban J connectivity index is 1.35. The van der Waals surface area contributed by atoms with E-state index in [9.17, 15) is 14.3 Å². The lowest BCUT2D eigenvalue weighted by Gasteiger charge is -2.40. The average Bonchev–Trinajstić information content (AvgIpc) is 2.85. The summed E-state index contributed by atoms with van der Waals surface area (Å²) in [5.41, 5.74) is 1.06. The second-order valence-corrected chi connectivity index (χ2v) is 8.76. The van der Waals surface area contributed by atoms with Crippen LogP contribution in [-0.2, 0) is 11.2 Å². The van der Waals surface area contributed by atoms with E-state index >= 15 is 0 Å². The number of piperazine rings is 1. The van der Waals surface area contributed by atoms with Gasteiger partial charge in [-0.25, -0.2) is 4.39 Å². The number of para-hydroxylation sites is 1. The number of ether oxygens (including phenoxy) is 3. The van der Waals surface area contributed by atoms with Gasteiger partial charge in [0.25, 0.3) is 0 Å². The van der Waals surface area contributed by atoms with Crippen LogP contribution in [0.2, 0.25) is 0 Å². The second kappa shape index (κ2) is 13.3. The number of hydrogen-bond acceptors (Lipinski definition) is 7. The van der Waals surface area contributed by atoms with Gasteiger partial charge in [-0.3, -0.25) is 14.6 Å². The summed E-state index contributed by atoms with van der Waals surface area (Å²) in [6.45, 7) is 5.60. The van der Waals surface area contributed by atoms with Crippen LogP contribution >= 0.6 is 0 Å². The van der Waals surface area contributed by atoms with Crippen molar-refractivity contribution in [3.63, 3.8) is 0 Å². The zero-order valence-electron chi connectivity index (χ0n) is 20.7. The van der Waals surface area contributed by atoms with Gasteiger partial charge in [-0.2, -0.15) is 0 Å². The topological polar surface area (TPSA) is 83.5 Å². The second-order valence-electron chi connectivity index (χ2n) is 8.76. The molecule has 1 amide bonds. The summed E-state index contributed by atoms with van der Waals surface area (Å²) in [5.74, 6) is 1.04. The van der Waals surface area contributed by atoms with Crippen molar-refractivity contribution in [2.24, 2.45) is 0 Å². The van der Waals surface area contributed by atoms with Gasteiger partial charge < -0.3 is 24.6 Å². The molecule has 0 aliphatic carbocycles. The van der Waals surface area contributed by atoms with E-state index < -0.39 is 11.9 Å². The number of aliphatic hydroxyl groups excluding tert-OH is 1. The molecule has 2 aromatic carbocycles. The minimum Gasteiger partial charge on any atom is -0.493 e. The maximum Gasteiger partial charge on any atom is 0.234 e. The average molecular weight is 490 g/mol. The van der Waals surface area contributed by atoms with Crippen LogP contribution in [-0.4, -0.2) is 93.1 Å². The standard InChI is InChI=1S/C26H36FN3O5/c1-19-15-29(12-13-30(19)16-21(31)18-35-23-7-5-4-6-22(23)27)17-26(32)28-11-10-20-8-9-24(33-2)25(14-20)34-3/h4-9,14,19,21,31H,10-13,15-18H2,1-3H3,(H,28,32). The summed E-state index contributed by atoms with van der Waals surface area (Å²) < 4.78 is 29.7. The Morgan fingerprint density at radius 3 is 2.63 bits per heavy atom. The van der Waals surface area contributed by atoms with Gasteiger partial charge in [0.2, 0.25) is 5.91 Å². The van der Waals surface area contributed by atoms with Crippen LogP contribution in [0, 0.1) is 5.82 Å². The molecule has 35 heavy (non-hydrogen) atoms. The number of carbonyl (C=O) groups is 1. The smallest absolute Gasteiger partial charge is 0.234 e. The number of aliphatic hydroxyl groups is 1. The van der Waals surface area contributed by atoms with E-state index in [-0.39, 0.29) is 24.3 Å². The van der Waals surface area contributed by atoms with Crippen LogP contribution in [0.15, 0.2) is 42.5 Å². The van der Waals surface area contributed by atoms with Crippen molar-refractivity contribution in [2.75, 3.05) is 60.1 Å². The SMILES string of the molecule is COc1ccc(CCNC(=O)CN2CCN(CC(O)COc3ccccc3F)C(C)C2)cc1OC. The van der Waals surface area contributed by atoms with E-state index in [1.165, 1.54) is 6.07 Å². The number of halogens is 1. The van der Waals surface area contributed by atoms with E-state index in [4.69, 9.17) is 14.2 Å². The summed E-state index contributed by atoms with van der Waals surface area (Å²) in [5, 5.41) is 13.3. The number of nitrogens with one attached hydrogen (secondary N) is 1. The molecule has 0 aromatic heterocycles. The fourth-order valence-corrected chi connectivity index (χ4v) is 4.20. The lowest BCUT2D eigenvalue weighted by molar-refractivity contribution is -0.123. The third-order valence-corrected chi connectivity index (χ3v) is 6.11. The normalized spacial score (nSPS) is 17.6. The quantitative estimate of drug-likeness (QED) is 0.472. The molecule has 0 bridgehead atoms. The van der Waals surface area contributed by atoms with Gasteiger partial charge >= 0.3 is 0 Å². The molecule has 2 aromatic rings. The molecule has 1 saturated heterocycles. The number of β-amino-alcohol motifs (C(OH)–C–C–N with tert-alkyl or cyclic N) is 1. The largest absolute Gasteiger partial charge is 0.493 e. The van der Waals surface area contributed by atoms with E-state index in [0.29, 0.717) is 37.6 Å². The summed E-state index contributed by atoms with van der Waals surface area (Å²) in [6, 6.07) is 12.1. The molecule has 1 aliphatic heterocycles. The minimum atomic E-state index is -0.733. The molecule has 0 saturated carbocycles. The highest BCUT2D eigenvalue weighted by molar-refractivity contribution is 5.78. The zero-order chi connectivity index (χ0) is 25.2. The van der Waals surface area contributed by atoms with Crippen molar-refractivity contribution in [3.05, 3.63) is 53.8 Å². The van der Waals surface area contributed by atoms with Gasteiger partial charge in [-0.15, -0.1) is 0 Å². The highest BCUT2D eigenvalue weighted by atomic mass is 19.1. The van der Waals surface area contributed by atoms with Gasteiger partial charge in [-0.05, 0) is 43.2 Å². The van der Waals surface area contributed by atoms with Crippen LogP contribution in [0.5, 0.6) is 17.2 Å². The summed E-state index contributed by atoms with van der Waals surface area (Å²) >= 11 is 0. The fraction of sp³-hybridized carbons (Fsp3) is 0.500. The van der Waals surface area contributed by atoms with Crippen molar-refractivity contribution < 1.29 is 28.5 Å². The Kier molecular flexibility index (Phi) is 10.1. The molecule has 1 heterocycles. The molecule has 2 unspecified atom stereocenters. The molecule has 2 atom stereocenters. The maximum absolute atomic E-state index is 13.7. The first-order chi connectivity index (χ1) is 16.9. The van der Waals surface area contributed by atoms with E-state index in [1.54, 1.807) is 32.4 Å². The molecular formula is C26H36FN3O5. The first-order valence-corrected chi connectivity index (χ1v) is 11.9. The number of rotatable bonds is 12. The van der Waals surface area contributed by atoms with Gasteiger partial charge in [0.1, 0.15) is 12.7 Å². The molecule has 192 valence electrons. The Bertz CT molecular complexity index is 960. The number of methoxy groups -OCH3 is 2. The molecule has 2 N–H and O–H groups in total. The van der Waals surface area contributed by atoms with Crippen LogP contribution in [0.1, 0.15) is 12.5 Å². The number of benzene rings is 2. The zero-order valence-corrected chi connectivity index (χ0v) is 20.7. The predicted octanol–water partition coefficient (Wildman–Crippen LogP) is 1.95. The van der Waals surface area contributed by atoms with Gasteiger partial charge in [0.05, 0.1) is 20.8 Å². The van der Waals surface area contributed by atoms with Crippen molar-refractivity contribution in [1.29, 1.82) is 0 Å². The third-order valence-electron chi connectivity index (χ3n) is 6.11. The van der Waals surface area contributed by atoms with Crippen LogP contribution < -0.4 is 19.5 Å². The Morgan fingerprint density at radius 1 is 1.14 bits per heavy atom. The lowest BCUT2D eigenvalue weighted by Crippen LogP contribution is -2.55. The Morgan fingerprint density at radius 2 is 1.91 bits per heavy atom. The predicted molar refractivity (Wildman–Crippen MR) is 132 cm³/mol. The van der Waals surface area contributed by atoms with E-state index in [0.717, 1.165) is 25.2 Å². The maximum atomic E-state index is 13.7. The van der Waals surface area contributed by atoms with Crippen molar-refractivity contribution in [2.45, 2.75) is 25.5 Å². The number of carbonyl (C=O) groups excluding carboxylic acids is 1. The minimum absolute atomic E-state index is 0.00977. The van der Waals surface area contributed by atoms with Gasteiger partial charge in [0.15, 0.2) is 23.1 Å². The fourth-order valence-electron chi connectivity index (χ4n) is 4.20. The summed E-state index contributed by atoms with van der Waals surface area (Å²) in [7, 11) is 3.20. The monoisotopic (exact) mass is 489 g/mol. The molecule has 1 fully saturated rings. The highest BCUT2D eigenvalue weighted by Crippen LogP contribution is 2.27. The molecule has 0 radical (unpaired) electrons. The lowest BCUT2D eigenvalue weighted by atomic mass is 10.1. The number of amides is 1. The van der Waals surface area contributed by atoms with Crippen molar-refractivity contribution in [1.82, 2.24) is 15.1 Å². The molecule has 3 rings (SSSR count). The van der Waals surface area contributed by atoms with Crippen molar-refractivity contribution >= 4 is 5.91 Å². The molecule has 1 aliphatic rings. The van der Waals surface area contributed by atoms with E-state index in [2.05, 4.69) is 22.0 Å². The molecular weight excluding hydrogens is 453 g/mol.